The van der Waals surface area contributed by atoms with Crippen molar-refractivity contribution < 1.29 is 19.7 Å². The Kier molecular flexibility index (Phi) is 3.92. The molecule has 1 aliphatic carbocycles. The topological polar surface area (TPSA) is 66.8 Å². The van der Waals surface area contributed by atoms with Gasteiger partial charge in [0.2, 0.25) is 0 Å². The van der Waals surface area contributed by atoms with Crippen molar-refractivity contribution in [2.45, 2.75) is 44.5 Å². The van der Waals surface area contributed by atoms with E-state index in [2.05, 4.69) is 13.2 Å². The normalized spacial score (nSPS) is 36.6. The van der Waals surface area contributed by atoms with Crippen LogP contribution in [0.5, 0.6) is 0 Å². The third-order valence-electron chi connectivity index (χ3n) is 3.89. The Bertz CT molecular complexity index is 449. The third kappa shape index (κ3) is 2.80. The minimum absolute atomic E-state index is 0.296. The van der Waals surface area contributed by atoms with Gasteiger partial charge in [0.15, 0.2) is 0 Å². The van der Waals surface area contributed by atoms with Crippen molar-refractivity contribution in [1.29, 1.82) is 0 Å². The molecule has 0 aromatic carbocycles. The molecule has 0 radical (unpaired) electrons. The monoisotopic (exact) mass is 264 g/mol. The van der Waals surface area contributed by atoms with Gasteiger partial charge in [-0.15, -0.1) is 0 Å². The molecule has 4 atom stereocenters. The predicted molar refractivity (Wildman–Crippen MR) is 71.3 cm³/mol. The summed E-state index contributed by atoms with van der Waals surface area (Å²) in [5, 5.41) is 20.2. The van der Waals surface area contributed by atoms with E-state index in [1.54, 1.807) is 6.08 Å². The Balaban J connectivity index is 2.33. The molecule has 0 spiro atoms. The molecule has 0 amide bonds. The number of carbonyl (C=O) groups excluding carboxylic acids is 1. The highest BCUT2D eigenvalue weighted by Crippen LogP contribution is 2.35. The molecule has 0 aromatic heterocycles. The molecule has 0 bridgehead atoms. The Morgan fingerprint density at radius 3 is 2.74 bits per heavy atom. The molecule has 4 heteroatoms. The number of allylic oxidation sites excluding steroid dienone is 1. The molecule has 0 saturated carbocycles. The summed E-state index contributed by atoms with van der Waals surface area (Å²) in [4.78, 5) is 11.6. The molecular formula is C15H20O4. The standard InChI is InChI=1S/C15H20O4/c1-8-4-5-11(16)9(2)7-13-14(12(17)6-8)10(3)15(18)19-13/h6,11-14,16-17H,2-5,7H2,1H3/t11-,12-,13+,14?/m1/s1. The molecule has 104 valence electrons. The van der Waals surface area contributed by atoms with Gasteiger partial charge in [-0.2, -0.15) is 0 Å². The number of esters is 1. The van der Waals surface area contributed by atoms with E-state index in [-0.39, 0.29) is 0 Å². The molecule has 1 saturated heterocycles. The van der Waals surface area contributed by atoms with Crippen molar-refractivity contribution in [3.63, 3.8) is 0 Å². The van der Waals surface area contributed by atoms with Gasteiger partial charge in [0.05, 0.1) is 18.1 Å². The van der Waals surface area contributed by atoms with Crippen LogP contribution in [0.1, 0.15) is 26.2 Å². The summed E-state index contributed by atoms with van der Waals surface area (Å²) in [5.41, 5.74) is 1.91. The first kappa shape index (κ1) is 14.0. The van der Waals surface area contributed by atoms with E-state index >= 15 is 0 Å². The molecule has 2 aliphatic rings. The van der Waals surface area contributed by atoms with E-state index < -0.39 is 30.2 Å². The van der Waals surface area contributed by atoms with Gasteiger partial charge in [-0.25, -0.2) is 4.79 Å². The van der Waals surface area contributed by atoms with Gasteiger partial charge in [0, 0.05) is 12.0 Å². The van der Waals surface area contributed by atoms with Crippen LogP contribution in [0, 0.1) is 5.92 Å². The van der Waals surface area contributed by atoms with E-state index in [0.717, 1.165) is 5.57 Å². The maximum Gasteiger partial charge on any atom is 0.334 e. The summed E-state index contributed by atoms with van der Waals surface area (Å²) in [6.07, 6.45) is 1.47. The number of hydrogen-bond donors (Lipinski definition) is 2. The van der Waals surface area contributed by atoms with Crippen LogP contribution in [-0.2, 0) is 9.53 Å². The maximum absolute atomic E-state index is 11.6. The van der Waals surface area contributed by atoms with E-state index in [1.807, 2.05) is 6.92 Å². The van der Waals surface area contributed by atoms with Crippen LogP contribution in [0.3, 0.4) is 0 Å². The maximum atomic E-state index is 11.6. The predicted octanol–water partition coefficient (Wildman–Crippen LogP) is 1.49. The zero-order valence-electron chi connectivity index (χ0n) is 11.1. The van der Waals surface area contributed by atoms with E-state index in [1.165, 1.54) is 0 Å². The van der Waals surface area contributed by atoms with Crippen LogP contribution >= 0.6 is 0 Å². The summed E-state index contributed by atoms with van der Waals surface area (Å²) in [6, 6.07) is 0. The van der Waals surface area contributed by atoms with E-state index in [9.17, 15) is 15.0 Å². The van der Waals surface area contributed by atoms with E-state index in [4.69, 9.17) is 4.74 Å². The minimum Gasteiger partial charge on any atom is -0.458 e. The number of fused-ring (bicyclic) bond motifs is 1. The van der Waals surface area contributed by atoms with Crippen LogP contribution in [0.4, 0.5) is 0 Å². The smallest absolute Gasteiger partial charge is 0.334 e. The fourth-order valence-electron chi connectivity index (χ4n) is 2.68. The van der Waals surface area contributed by atoms with Crippen molar-refractivity contribution in [1.82, 2.24) is 0 Å². The molecule has 2 rings (SSSR count). The Morgan fingerprint density at radius 1 is 1.37 bits per heavy atom. The summed E-state index contributed by atoms with van der Waals surface area (Å²) in [6.45, 7) is 9.47. The highest BCUT2D eigenvalue weighted by atomic mass is 16.6. The number of aliphatic hydroxyl groups excluding tert-OH is 2. The minimum atomic E-state index is -0.785. The van der Waals surface area contributed by atoms with Crippen molar-refractivity contribution >= 4 is 5.97 Å². The fraction of sp³-hybridized carbons (Fsp3) is 0.533. The number of hydrogen-bond acceptors (Lipinski definition) is 4. The number of aliphatic hydroxyl groups is 2. The van der Waals surface area contributed by atoms with Gasteiger partial charge in [-0.1, -0.05) is 24.8 Å². The number of carbonyl (C=O) groups is 1. The molecule has 1 aliphatic heterocycles. The Morgan fingerprint density at radius 2 is 2.05 bits per heavy atom. The zero-order chi connectivity index (χ0) is 14.2. The van der Waals surface area contributed by atoms with Crippen LogP contribution < -0.4 is 0 Å². The van der Waals surface area contributed by atoms with Gasteiger partial charge in [-0.05, 0) is 25.3 Å². The molecule has 2 N–H and O–H groups in total. The van der Waals surface area contributed by atoms with Gasteiger partial charge < -0.3 is 14.9 Å². The van der Waals surface area contributed by atoms with Crippen LogP contribution in [0.15, 0.2) is 36.0 Å². The first-order valence-electron chi connectivity index (χ1n) is 6.51. The van der Waals surface area contributed by atoms with Crippen molar-refractivity contribution in [3.05, 3.63) is 36.0 Å². The summed E-state index contributed by atoms with van der Waals surface area (Å²) in [5.74, 6) is -0.925. The summed E-state index contributed by atoms with van der Waals surface area (Å²) >= 11 is 0. The van der Waals surface area contributed by atoms with Gasteiger partial charge in [-0.3, -0.25) is 0 Å². The quantitative estimate of drug-likeness (QED) is 0.395. The first-order valence-corrected chi connectivity index (χ1v) is 6.51. The highest BCUT2D eigenvalue weighted by Gasteiger charge is 2.42. The van der Waals surface area contributed by atoms with Crippen LogP contribution in [0.2, 0.25) is 0 Å². The van der Waals surface area contributed by atoms with Gasteiger partial charge in [0.25, 0.3) is 0 Å². The lowest BCUT2D eigenvalue weighted by Crippen LogP contribution is -2.30. The van der Waals surface area contributed by atoms with Crippen molar-refractivity contribution in [3.8, 4) is 0 Å². The summed E-state index contributed by atoms with van der Waals surface area (Å²) in [7, 11) is 0. The number of rotatable bonds is 0. The second kappa shape index (κ2) is 5.31. The molecule has 4 nitrogen and oxygen atoms in total. The molecule has 19 heavy (non-hydrogen) atoms. The molecule has 1 heterocycles. The van der Waals surface area contributed by atoms with Gasteiger partial charge in [0.1, 0.15) is 6.10 Å². The fourth-order valence-corrected chi connectivity index (χ4v) is 2.68. The Hall–Kier alpha value is -1.39. The molecule has 0 aromatic rings. The zero-order valence-corrected chi connectivity index (χ0v) is 11.1. The highest BCUT2D eigenvalue weighted by molar-refractivity contribution is 5.91. The summed E-state index contributed by atoms with van der Waals surface area (Å²) < 4.78 is 5.23. The largest absolute Gasteiger partial charge is 0.458 e. The molecule has 1 fully saturated rings. The second-order valence-electron chi connectivity index (χ2n) is 5.42. The SMILES string of the molecule is C=C1C(=O)O[C@H]2CC(=C)[C@H](O)CCC(C)=C[C@@H](O)C12. The first-order chi connectivity index (χ1) is 8.90. The Labute approximate surface area is 113 Å². The molecule has 1 unspecified atom stereocenters. The lowest BCUT2D eigenvalue weighted by atomic mass is 9.84. The average Bonchev–Trinajstić information content (AvgIpc) is 2.60. The average molecular weight is 264 g/mol. The number of ether oxygens (including phenoxy) is 1. The second-order valence-corrected chi connectivity index (χ2v) is 5.42. The van der Waals surface area contributed by atoms with Crippen molar-refractivity contribution in [2.24, 2.45) is 5.92 Å². The van der Waals surface area contributed by atoms with Gasteiger partial charge >= 0.3 is 5.97 Å². The lowest BCUT2D eigenvalue weighted by molar-refractivity contribution is -0.139. The van der Waals surface area contributed by atoms with Crippen molar-refractivity contribution in [2.75, 3.05) is 0 Å². The van der Waals surface area contributed by atoms with Crippen LogP contribution in [0.25, 0.3) is 0 Å². The van der Waals surface area contributed by atoms with Crippen LogP contribution in [-0.4, -0.2) is 34.5 Å². The lowest BCUT2D eigenvalue weighted by Gasteiger charge is -2.25. The molecular weight excluding hydrogens is 244 g/mol. The van der Waals surface area contributed by atoms with E-state index in [0.29, 0.717) is 30.4 Å². The third-order valence-corrected chi connectivity index (χ3v) is 3.89.